The van der Waals surface area contributed by atoms with E-state index < -0.39 is 5.97 Å². The second kappa shape index (κ2) is 7.14. The first-order valence-corrected chi connectivity index (χ1v) is 6.24. The van der Waals surface area contributed by atoms with Crippen LogP contribution in [0.25, 0.3) is 0 Å². The molecule has 0 bridgehead atoms. The van der Waals surface area contributed by atoms with Crippen LogP contribution in [0, 0.1) is 0 Å². The minimum atomic E-state index is -0.924. The van der Waals surface area contributed by atoms with Gasteiger partial charge >= 0.3 is 5.97 Å². The fourth-order valence-corrected chi connectivity index (χ4v) is 1.51. The molecule has 0 aromatic heterocycles. The molecule has 1 aliphatic heterocycles. The van der Waals surface area contributed by atoms with Crippen LogP contribution in [-0.4, -0.2) is 22.3 Å². The number of hydrogen-bond donors (Lipinski definition) is 2. The summed E-state index contributed by atoms with van der Waals surface area (Å²) in [7, 11) is 0. The smallest absolute Gasteiger partial charge is 0.337 e. The Bertz CT molecular complexity index is 367. The number of ether oxygens (including phenoxy) is 1. The van der Waals surface area contributed by atoms with E-state index in [0.29, 0.717) is 0 Å². The molecule has 0 saturated carbocycles. The van der Waals surface area contributed by atoms with E-state index in [1.165, 1.54) is 12.3 Å². The highest BCUT2D eigenvalue weighted by Crippen LogP contribution is 2.17. The van der Waals surface area contributed by atoms with Crippen LogP contribution < -0.4 is 5.32 Å². The number of hydrogen-bond acceptors (Lipinski definition) is 3. The van der Waals surface area contributed by atoms with Gasteiger partial charge in [-0.1, -0.05) is 6.08 Å². The first kappa shape index (κ1) is 17.4. The predicted octanol–water partition coefficient (Wildman–Crippen LogP) is 3.23. The number of carbonyl (C=O) groups is 1. The van der Waals surface area contributed by atoms with Crippen molar-refractivity contribution in [1.29, 1.82) is 0 Å². The average Bonchev–Trinajstić information content (AvgIpc) is 2.39. The van der Waals surface area contributed by atoms with E-state index in [1.54, 1.807) is 18.4 Å². The number of allylic oxidation sites excluding steroid dienone is 2. The lowest BCUT2D eigenvalue weighted by Gasteiger charge is -2.30. The molecule has 0 fully saturated rings. The topological polar surface area (TPSA) is 58.6 Å². The molecule has 4 heteroatoms. The predicted molar refractivity (Wildman–Crippen MR) is 77.7 cm³/mol. The standard InChI is InChI=1S/C8H18O.C7H7NO2/c1-7(2,3)9-8(4,5)6;9-7(10)6-3-1-2-4-8-5-6/h1-6H3;1-5,8H,(H,9,10). The number of carboxylic acid groups (broad SMARTS) is 1. The Balaban J connectivity index is 0.000000344. The van der Waals surface area contributed by atoms with Crippen molar-refractivity contribution >= 4 is 5.97 Å². The third-order valence-corrected chi connectivity index (χ3v) is 1.68. The molecule has 2 N–H and O–H groups in total. The van der Waals surface area contributed by atoms with E-state index >= 15 is 0 Å². The molecule has 0 atom stereocenters. The number of aliphatic carboxylic acids is 1. The largest absolute Gasteiger partial charge is 0.478 e. The van der Waals surface area contributed by atoms with Gasteiger partial charge in [-0.05, 0) is 53.7 Å². The zero-order valence-corrected chi connectivity index (χ0v) is 12.7. The maximum absolute atomic E-state index is 10.3. The monoisotopic (exact) mass is 267 g/mol. The van der Waals surface area contributed by atoms with E-state index in [9.17, 15) is 4.79 Å². The van der Waals surface area contributed by atoms with Gasteiger partial charge in [-0.3, -0.25) is 0 Å². The van der Waals surface area contributed by atoms with Crippen molar-refractivity contribution in [3.05, 3.63) is 36.2 Å². The van der Waals surface area contributed by atoms with Crippen LogP contribution in [-0.2, 0) is 9.53 Å². The molecule has 1 heterocycles. The molecule has 4 nitrogen and oxygen atoms in total. The summed E-state index contributed by atoms with van der Waals surface area (Å²) < 4.78 is 5.62. The second-order valence-corrected chi connectivity index (χ2v) is 6.12. The van der Waals surface area contributed by atoms with E-state index in [4.69, 9.17) is 9.84 Å². The fourth-order valence-electron chi connectivity index (χ4n) is 1.51. The van der Waals surface area contributed by atoms with Crippen molar-refractivity contribution in [2.75, 3.05) is 0 Å². The van der Waals surface area contributed by atoms with Crippen LogP contribution in [0.15, 0.2) is 36.2 Å². The highest BCUT2D eigenvalue weighted by Gasteiger charge is 2.19. The summed E-state index contributed by atoms with van der Waals surface area (Å²) in [5.74, 6) is -0.924. The van der Waals surface area contributed by atoms with Gasteiger partial charge in [0.2, 0.25) is 0 Å². The molecule has 0 spiro atoms. The normalized spacial score (nSPS) is 14.7. The van der Waals surface area contributed by atoms with Crippen LogP contribution in [0.2, 0.25) is 0 Å². The van der Waals surface area contributed by atoms with Crippen molar-refractivity contribution < 1.29 is 14.6 Å². The maximum Gasteiger partial charge on any atom is 0.337 e. The molecule has 1 aliphatic rings. The third-order valence-electron chi connectivity index (χ3n) is 1.68. The van der Waals surface area contributed by atoms with E-state index in [-0.39, 0.29) is 16.8 Å². The Hall–Kier alpha value is -1.55. The highest BCUT2D eigenvalue weighted by atomic mass is 16.5. The highest BCUT2D eigenvalue weighted by molar-refractivity contribution is 5.89. The molecule has 0 amide bonds. The third kappa shape index (κ3) is 11.3. The second-order valence-electron chi connectivity index (χ2n) is 6.12. The van der Waals surface area contributed by atoms with Crippen molar-refractivity contribution in [2.45, 2.75) is 52.7 Å². The van der Waals surface area contributed by atoms with Crippen molar-refractivity contribution in [1.82, 2.24) is 5.32 Å². The Labute approximate surface area is 115 Å². The van der Waals surface area contributed by atoms with E-state index in [2.05, 4.69) is 46.9 Å². The lowest BCUT2D eigenvalue weighted by atomic mass is 10.1. The Morgan fingerprint density at radius 2 is 1.63 bits per heavy atom. The Morgan fingerprint density at radius 3 is 2.00 bits per heavy atom. The van der Waals surface area contributed by atoms with Crippen LogP contribution in [0.5, 0.6) is 0 Å². The van der Waals surface area contributed by atoms with Crippen LogP contribution in [0.1, 0.15) is 41.5 Å². The van der Waals surface area contributed by atoms with Gasteiger partial charge in [-0.15, -0.1) is 0 Å². The molecule has 0 saturated heterocycles. The molecule has 1 rings (SSSR count). The molecular formula is C15H25NO3. The zero-order chi connectivity index (χ0) is 15.1. The average molecular weight is 267 g/mol. The summed E-state index contributed by atoms with van der Waals surface area (Å²) >= 11 is 0. The van der Waals surface area contributed by atoms with E-state index in [0.717, 1.165) is 0 Å². The maximum atomic E-state index is 10.3. The van der Waals surface area contributed by atoms with Gasteiger partial charge in [0.05, 0.1) is 16.8 Å². The number of carboxylic acids is 1. The lowest BCUT2D eigenvalue weighted by molar-refractivity contribution is -0.132. The van der Waals surface area contributed by atoms with Gasteiger partial charge in [0.1, 0.15) is 0 Å². The Morgan fingerprint density at radius 1 is 1.11 bits per heavy atom. The SMILES string of the molecule is CC(C)(C)OC(C)(C)C.O=C(O)C1=CNC=CC=C1. The van der Waals surface area contributed by atoms with Gasteiger partial charge < -0.3 is 15.2 Å². The molecule has 108 valence electrons. The van der Waals surface area contributed by atoms with Crippen LogP contribution in [0.4, 0.5) is 0 Å². The molecule has 0 unspecified atom stereocenters. The fraction of sp³-hybridized carbons (Fsp3) is 0.533. The van der Waals surface area contributed by atoms with Gasteiger partial charge in [-0.2, -0.15) is 0 Å². The summed E-state index contributed by atoms with van der Waals surface area (Å²) in [6.07, 6.45) is 8.01. The minimum Gasteiger partial charge on any atom is -0.478 e. The zero-order valence-electron chi connectivity index (χ0n) is 12.7. The summed E-state index contributed by atoms with van der Waals surface area (Å²) in [5, 5.41) is 11.2. The molecule has 0 aliphatic carbocycles. The molecule has 0 aromatic rings. The van der Waals surface area contributed by atoms with Crippen LogP contribution in [0.3, 0.4) is 0 Å². The lowest BCUT2D eigenvalue weighted by Crippen LogP contribution is -2.31. The summed E-state index contributed by atoms with van der Waals surface area (Å²) in [5.41, 5.74) is 0.223. The van der Waals surface area contributed by atoms with Crippen molar-refractivity contribution in [3.8, 4) is 0 Å². The molecular weight excluding hydrogens is 242 g/mol. The van der Waals surface area contributed by atoms with E-state index in [1.807, 2.05) is 0 Å². The summed E-state index contributed by atoms with van der Waals surface area (Å²) in [4.78, 5) is 10.3. The summed E-state index contributed by atoms with van der Waals surface area (Å²) in [6.45, 7) is 12.4. The van der Waals surface area contributed by atoms with Crippen molar-refractivity contribution in [3.63, 3.8) is 0 Å². The first-order chi connectivity index (χ1) is 8.51. The first-order valence-electron chi connectivity index (χ1n) is 6.24. The van der Waals surface area contributed by atoms with Gasteiger partial charge in [0.15, 0.2) is 0 Å². The summed E-state index contributed by atoms with van der Waals surface area (Å²) in [6, 6.07) is 0. The number of nitrogens with one attached hydrogen (secondary N) is 1. The van der Waals surface area contributed by atoms with Gasteiger partial charge in [0, 0.05) is 12.4 Å². The van der Waals surface area contributed by atoms with Gasteiger partial charge in [-0.25, -0.2) is 4.79 Å². The molecule has 0 radical (unpaired) electrons. The molecule has 0 aromatic carbocycles. The minimum absolute atomic E-state index is 0.0156. The van der Waals surface area contributed by atoms with Gasteiger partial charge in [0.25, 0.3) is 0 Å². The quantitative estimate of drug-likeness (QED) is 0.766. The van der Waals surface area contributed by atoms with Crippen LogP contribution >= 0.6 is 0 Å². The van der Waals surface area contributed by atoms with Crippen molar-refractivity contribution in [2.24, 2.45) is 0 Å². The Kier molecular flexibility index (Phi) is 6.56. The number of rotatable bonds is 1. The molecule has 19 heavy (non-hydrogen) atoms.